The Kier molecular flexibility index (Phi) is 5.02. The lowest BCUT2D eigenvalue weighted by molar-refractivity contribution is -0.129. The molecule has 144 valence electrons. The Morgan fingerprint density at radius 1 is 1.29 bits per heavy atom. The minimum Gasteiger partial charge on any atom is -0.503 e. The van der Waals surface area contributed by atoms with E-state index in [2.05, 4.69) is 4.98 Å². The first kappa shape index (κ1) is 18.5. The number of methoxy groups -OCH3 is 1. The highest BCUT2D eigenvalue weighted by molar-refractivity contribution is 7.12. The monoisotopic (exact) mass is 396 g/mol. The van der Waals surface area contributed by atoms with Crippen molar-refractivity contribution >= 4 is 33.9 Å². The number of ketones is 1. The predicted molar refractivity (Wildman–Crippen MR) is 108 cm³/mol. The molecule has 4 rings (SSSR count). The molecule has 1 aliphatic heterocycles. The summed E-state index contributed by atoms with van der Waals surface area (Å²) < 4.78 is 5.11. The van der Waals surface area contributed by atoms with E-state index in [0.29, 0.717) is 24.4 Å². The largest absolute Gasteiger partial charge is 0.503 e. The lowest BCUT2D eigenvalue weighted by atomic mass is 9.95. The van der Waals surface area contributed by atoms with Crippen LogP contribution in [0.2, 0.25) is 0 Å². The first-order chi connectivity index (χ1) is 13.6. The summed E-state index contributed by atoms with van der Waals surface area (Å²) in [6.07, 6.45) is 2.42. The molecule has 0 saturated carbocycles. The maximum absolute atomic E-state index is 13.2. The second kappa shape index (κ2) is 7.61. The van der Waals surface area contributed by atoms with E-state index in [4.69, 9.17) is 4.74 Å². The number of amides is 1. The van der Waals surface area contributed by atoms with Gasteiger partial charge in [-0.05, 0) is 23.9 Å². The van der Waals surface area contributed by atoms with Crippen molar-refractivity contribution in [1.29, 1.82) is 0 Å². The van der Waals surface area contributed by atoms with Crippen molar-refractivity contribution in [2.45, 2.75) is 12.5 Å². The van der Waals surface area contributed by atoms with E-state index in [0.717, 1.165) is 16.5 Å². The van der Waals surface area contributed by atoms with Crippen LogP contribution in [0.1, 0.15) is 27.7 Å². The molecule has 7 heteroatoms. The van der Waals surface area contributed by atoms with Crippen molar-refractivity contribution in [3.05, 3.63) is 69.7 Å². The second-order valence-corrected chi connectivity index (χ2v) is 7.55. The lowest BCUT2D eigenvalue weighted by Crippen LogP contribution is -2.32. The minimum absolute atomic E-state index is 0.134. The number of nitrogens with zero attached hydrogens (tertiary/aromatic N) is 1. The number of carbonyl (C=O) groups is 2. The number of benzene rings is 1. The van der Waals surface area contributed by atoms with Gasteiger partial charge in [-0.25, -0.2) is 0 Å². The van der Waals surface area contributed by atoms with Gasteiger partial charge in [0.2, 0.25) is 5.78 Å². The molecular formula is C21H20N2O4S. The number of ether oxygens (including phenoxy) is 1. The average Bonchev–Trinajstić information content (AvgIpc) is 3.43. The summed E-state index contributed by atoms with van der Waals surface area (Å²) >= 11 is 1.29. The number of aliphatic hydroxyl groups excluding tert-OH is 1. The summed E-state index contributed by atoms with van der Waals surface area (Å²) in [4.78, 5) is 31.3. The van der Waals surface area contributed by atoms with Crippen LogP contribution in [0, 0.1) is 0 Å². The number of nitrogens with one attached hydrogen (secondary N) is 1. The van der Waals surface area contributed by atoms with Gasteiger partial charge in [0.25, 0.3) is 5.91 Å². The number of aliphatic hydroxyl groups is 1. The highest BCUT2D eigenvalue weighted by Gasteiger charge is 2.44. The Morgan fingerprint density at radius 2 is 2.11 bits per heavy atom. The van der Waals surface area contributed by atoms with Gasteiger partial charge in [0.1, 0.15) is 0 Å². The van der Waals surface area contributed by atoms with Crippen LogP contribution in [0.15, 0.2) is 59.3 Å². The molecule has 1 unspecified atom stereocenters. The van der Waals surface area contributed by atoms with Gasteiger partial charge in [-0.1, -0.05) is 24.3 Å². The van der Waals surface area contributed by atoms with Crippen LogP contribution in [0.5, 0.6) is 0 Å². The Labute approximate surface area is 166 Å². The van der Waals surface area contributed by atoms with Crippen molar-refractivity contribution in [2.24, 2.45) is 0 Å². The average molecular weight is 396 g/mol. The predicted octanol–water partition coefficient (Wildman–Crippen LogP) is 3.84. The fourth-order valence-electron chi connectivity index (χ4n) is 3.68. The topological polar surface area (TPSA) is 82.6 Å². The molecule has 0 aliphatic carbocycles. The second-order valence-electron chi connectivity index (χ2n) is 6.61. The molecular weight excluding hydrogens is 376 g/mol. The van der Waals surface area contributed by atoms with Gasteiger partial charge in [0, 0.05) is 42.9 Å². The summed E-state index contributed by atoms with van der Waals surface area (Å²) in [6.45, 7) is 0.863. The molecule has 3 aromatic rings. The summed E-state index contributed by atoms with van der Waals surface area (Å²) in [5, 5.41) is 13.3. The third-order valence-electron chi connectivity index (χ3n) is 4.96. The third kappa shape index (κ3) is 3.02. The van der Waals surface area contributed by atoms with Crippen LogP contribution in [0.3, 0.4) is 0 Å². The van der Waals surface area contributed by atoms with Gasteiger partial charge >= 0.3 is 0 Å². The SMILES string of the molecule is COCCCN1C(=O)C(O)=C(C(=O)c2cccs2)C1c1c[nH]c2ccccc12. The summed E-state index contributed by atoms with van der Waals surface area (Å²) in [7, 11) is 1.60. The smallest absolute Gasteiger partial charge is 0.290 e. The number of fused-ring (bicyclic) bond motifs is 1. The van der Waals surface area contributed by atoms with E-state index in [9.17, 15) is 14.7 Å². The molecule has 0 spiro atoms. The number of para-hydroxylation sites is 1. The maximum atomic E-state index is 13.2. The maximum Gasteiger partial charge on any atom is 0.290 e. The van der Waals surface area contributed by atoms with Gasteiger partial charge in [-0.3, -0.25) is 9.59 Å². The molecule has 0 fully saturated rings. The molecule has 0 radical (unpaired) electrons. The van der Waals surface area contributed by atoms with Crippen molar-refractivity contribution in [2.75, 3.05) is 20.3 Å². The standard InChI is InChI=1S/C21H20N2O4S/c1-27-10-5-9-23-18(14-12-22-15-7-3-2-6-13(14)15)17(20(25)21(23)26)19(24)16-8-4-11-28-16/h2-4,6-8,11-12,18,22,25H,5,9-10H2,1H3. The molecule has 1 aliphatic rings. The number of thiophene rings is 1. The van der Waals surface area contributed by atoms with E-state index in [-0.39, 0.29) is 11.4 Å². The molecule has 2 aromatic heterocycles. The Hall–Kier alpha value is -2.90. The van der Waals surface area contributed by atoms with Crippen molar-refractivity contribution in [3.63, 3.8) is 0 Å². The summed E-state index contributed by atoms with van der Waals surface area (Å²) in [5.74, 6) is -1.30. The van der Waals surface area contributed by atoms with E-state index < -0.39 is 17.7 Å². The van der Waals surface area contributed by atoms with Crippen molar-refractivity contribution in [1.82, 2.24) is 9.88 Å². The van der Waals surface area contributed by atoms with Crippen LogP contribution < -0.4 is 0 Å². The van der Waals surface area contributed by atoms with Gasteiger partial charge in [-0.15, -0.1) is 11.3 Å². The first-order valence-electron chi connectivity index (χ1n) is 9.00. The van der Waals surface area contributed by atoms with Crippen LogP contribution in [-0.2, 0) is 9.53 Å². The number of hydrogen-bond donors (Lipinski definition) is 2. The van der Waals surface area contributed by atoms with E-state index in [1.807, 2.05) is 30.5 Å². The zero-order valence-corrected chi connectivity index (χ0v) is 16.2. The molecule has 6 nitrogen and oxygen atoms in total. The van der Waals surface area contributed by atoms with Gasteiger partial charge < -0.3 is 19.7 Å². The van der Waals surface area contributed by atoms with Crippen LogP contribution >= 0.6 is 11.3 Å². The Balaban J connectivity index is 1.82. The summed E-state index contributed by atoms with van der Waals surface area (Å²) in [5.41, 5.74) is 1.84. The van der Waals surface area contributed by atoms with Crippen LogP contribution in [0.25, 0.3) is 10.9 Å². The van der Waals surface area contributed by atoms with Gasteiger partial charge in [0.05, 0.1) is 16.5 Å². The molecule has 1 aromatic carbocycles. The first-order valence-corrected chi connectivity index (χ1v) is 9.88. The molecule has 1 amide bonds. The Bertz CT molecular complexity index is 1050. The minimum atomic E-state index is -0.643. The number of carbonyl (C=O) groups excluding carboxylic acids is 2. The summed E-state index contributed by atoms with van der Waals surface area (Å²) in [6, 6.07) is 10.6. The molecule has 1 atom stereocenters. The fourth-order valence-corrected chi connectivity index (χ4v) is 4.36. The quantitative estimate of drug-likeness (QED) is 0.469. The van der Waals surface area contributed by atoms with Crippen molar-refractivity contribution < 1.29 is 19.4 Å². The van der Waals surface area contributed by atoms with E-state index in [1.165, 1.54) is 11.3 Å². The molecule has 3 heterocycles. The lowest BCUT2D eigenvalue weighted by Gasteiger charge is -2.26. The molecule has 28 heavy (non-hydrogen) atoms. The zero-order chi connectivity index (χ0) is 19.7. The number of H-pyrrole nitrogens is 1. The molecule has 0 saturated heterocycles. The van der Waals surface area contributed by atoms with E-state index in [1.54, 1.807) is 29.5 Å². The molecule has 2 N–H and O–H groups in total. The van der Waals surface area contributed by atoms with Gasteiger partial charge in [-0.2, -0.15) is 0 Å². The normalized spacial score (nSPS) is 17.1. The van der Waals surface area contributed by atoms with Crippen LogP contribution in [-0.4, -0.2) is 46.9 Å². The van der Waals surface area contributed by atoms with Gasteiger partial charge in [0.15, 0.2) is 5.76 Å². The Morgan fingerprint density at radius 3 is 2.86 bits per heavy atom. The number of aromatic amines is 1. The molecule has 0 bridgehead atoms. The third-order valence-corrected chi connectivity index (χ3v) is 5.83. The number of aromatic nitrogens is 1. The van der Waals surface area contributed by atoms with E-state index >= 15 is 0 Å². The zero-order valence-electron chi connectivity index (χ0n) is 15.3. The fraction of sp³-hybridized carbons (Fsp3) is 0.238. The highest BCUT2D eigenvalue weighted by Crippen LogP contribution is 2.41. The number of Topliss-reactive ketones (excluding diaryl/α,β-unsaturated/α-hetero) is 1. The van der Waals surface area contributed by atoms with Crippen molar-refractivity contribution in [3.8, 4) is 0 Å². The number of hydrogen-bond acceptors (Lipinski definition) is 5. The van der Waals surface area contributed by atoms with Crippen LogP contribution in [0.4, 0.5) is 0 Å². The highest BCUT2D eigenvalue weighted by atomic mass is 32.1. The number of rotatable bonds is 7.